The molecular weight excluding hydrogens is 194 g/mol. The van der Waals surface area contributed by atoms with Gasteiger partial charge in [0.25, 0.3) is 0 Å². The largest absolute Gasteiger partial charge is 0.396 e. The van der Waals surface area contributed by atoms with Gasteiger partial charge < -0.3 is 19.9 Å². The molecule has 1 aliphatic carbocycles. The van der Waals surface area contributed by atoms with E-state index in [1.54, 1.807) is 14.2 Å². The van der Waals surface area contributed by atoms with Crippen molar-refractivity contribution in [1.82, 2.24) is 5.32 Å². The van der Waals surface area contributed by atoms with Crippen LogP contribution < -0.4 is 5.32 Å². The van der Waals surface area contributed by atoms with Crippen molar-refractivity contribution in [3.8, 4) is 0 Å². The van der Waals surface area contributed by atoms with Gasteiger partial charge in [-0.15, -0.1) is 0 Å². The summed E-state index contributed by atoms with van der Waals surface area (Å²) in [6.07, 6.45) is 3.19. The Labute approximate surface area is 92.0 Å². The SMILES string of the molecule is COC(CN[C@@H]1CCC[C@]1(C)CO)OC. The van der Waals surface area contributed by atoms with Crippen molar-refractivity contribution >= 4 is 0 Å². The average Bonchev–Trinajstić information content (AvgIpc) is 2.63. The van der Waals surface area contributed by atoms with Crippen molar-refractivity contribution in [2.24, 2.45) is 5.41 Å². The summed E-state index contributed by atoms with van der Waals surface area (Å²) in [7, 11) is 3.27. The van der Waals surface area contributed by atoms with Crippen LogP contribution in [0.2, 0.25) is 0 Å². The Morgan fingerprint density at radius 1 is 1.47 bits per heavy atom. The van der Waals surface area contributed by atoms with Crippen LogP contribution in [-0.4, -0.2) is 44.8 Å². The van der Waals surface area contributed by atoms with E-state index in [1.165, 1.54) is 6.42 Å². The number of methoxy groups -OCH3 is 2. The minimum atomic E-state index is -0.200. The molecule has 1 fully saturated rings. The quantitative estimate of drug-likeness (QED) is 0.645. The summed E-state index contributed by atoms with van der Waals surface area (Å²) < 4.78 is 10.2. The molecule has 0 aromatic heterocycles. The second-order valence-electron chi connectivity index (χ2n) is 4.57. The summed E-state index contributed by atoms with van der Waals surface area (Å²) in [6, 6.07) is 0.371. The fourth-order valence-corrected chi connectivity index (χ4v) is 2.27. The molecule has 0 amide bonds. The van der Waals surface area contributed by atoms with Gasteiger partial charge >= 0.3 is 0 Å². The van der Waals surface area contributed by atoms with Crippen LogP contribution in [0.1, 0.15) is 26.2 Å². The minimum Gasteiger partial charge on any atom is -0.396 e. The van der Waals surface area contributed by atoms with Gasteiger partial charge in [-0.1, -0.05) is 13.3 Å². The summed E-state index contributed by atoms with van der Waals surface area (Å²) in [4.78, 5) is 0. The standard InChI is InChI=1S/C11H23NO3/c1-11(8-13)6-4-5-9(11)12-7-10(14-2)15-3/h9-10,12-13H,4-8H2,1-3H3/t9-,11-/m1/s1. The second-order valence-corrected chi connectivity index (χ2v) is 4.57. The molecule has 15 heavy (non-hydrogen) atoms. The highest BCUT2D eigenvalue weighted by molar-refractivity contribution is 4.93. The Morgan fingerprint density at radius 3 is 2.67 bits per heavy atom. The Hall–Kier alpha value is -0.160. The third-order valence-corrected chi connectivity index (χ3v) is 3.50. The molecule has 0 heterocycles. The van der Waals surface area contributed by atoms with E-state index in [4.69, 9.17) is 9.47 Å². The number of ether oxygens (including phenoxy) is 2. The lowest BCUT2D eigenvalue weighted by atomic mass is 9.86. The van der Waals surface area contributed by atoms with Gasteiger partial charge in [0.1, 0.15) is 0 Å². The van der Waals surface area contributed by atoms with Crippen LogP contribution in [-0.2, 0) is 9.47 Å². The zero-order chi connectivity index (χ0) is 11.3. The van der Waals surface area contributed by atoms with Crippen LogP contribution >= 0.6 is 0 Å². The van der Waals surface area contributed by atoms with E-state index in [-0.39, 0.29) is 18.3 Å². The van der Waals surface area contributed by atoms with E-state index in [1.807, 2.05) is 0 Å². The molecule has 1 rings (SSSR count). The lowest BCUT2D eigenvalue weighted by Crippen LogP contribution is -2.45. The molecule has 0 bridgehead atoms. The van der Waals surface area contributed by atoms with Crippen molar-refractivity contribution in [1.29, 1.82) is 0 Å². The zero-order valence-corrected chi connectivity index (χ0v) is 9.95. The summed E-state index contributed by atoms with van der Waals surface area (Å²) in [5, 5.41) is 12.8. The third-order valence-electron chi connectivity index (χ3n) is 3.50. The maximum atomic E-state index is 9.37. The fourth-order valence-electron chi connectivity index (χ4n) is 2.27. The second kappa shape index (κ2) is 5.80. The maximum Gasteiger partial charge on any atom is 0.169 e. The molecule has 2 atom stereocenters. The van der Waals surface area contributed by atoms with Crippen LogP contribution in [0.3, 0.4) is 0 Å². The van der Waals surface area contributed by atoms with Gasteiger partial charge in [0.15, 0.2) is 6.29 Å². The van der Waals surface area contributed by atoms with Crippen molar-refractivity contribution in [3.63, 3.8) is 0 Å². The molecule has 2 N–H and O–H groups in total. The number of aliphatic hydroxyl groups is 1. The van der Waals surface area contributed by atoms with Crippen LogP contribution in [0.4, 0.5) is 0 Å². The molecule has 4 heteroatoms. The molecule has 4 nitrogen and oxygen atoms in total. The van der Waals surface area contributed by atoms with Gasteiger partial charge in [-0.05, 0) is 12.8 Å². The van der Waals surface area contributed by atoms with Crippen molar-refractivity contribution < 1.29 is 14.6 Å². The Morgan fingerprint density at radius 2 is 2.13 bits per heavy atom. The van der Waals surface area contributed by atoms with E-state index < -0.39 is 0 Å². The first kappa shape index (κ1) is 12.9. The van der Waals surface area contributed by atoms with Crippen LogP contribution in [0, 0.1) is 5.41 Å². The van der Waals surface area contributed by atoms with Crippen LogP contribution in [0.25, 0.3) is 0 Å². The minimum absolute atomic E-state index is 0.0199. The van der Waals surface area contributed by atoms with E-state index in [9.17, 15) is 5.11 Å². The van der Waals surface area contributed by atoms with E-state index in [0.29, 0.717) is 12.6 Å². The predicted molar refractivity (Wildman–Crippen MR) is 58.6 cm³/mol. The highest BCUT2D eigenvalue weighted by atomic mass is 16.7. The molecule has 1 saturated carbocycles. The third kappa shape index (κ3) is 3.14. The number of hydrogen-bond donors (Lipinski definition) is 2. The highest BCUT2D eigenvalue weighted by Crippen LogP contribution is 2.37. The van der Waals surface area contributed by atoms with Gasteiger partial charge in [0.2, 0.25) is 0 Å². The Bertz CT molecular complexity index is 185. The molecule has 0 radical (unpaired) electrons. The van der Waals surface area contributed by atoms with E-state index >= 15 is 0 Å². The number of hydrogen-bond acceptors (Lipinski definition) is 4. The monoisotopic (exact) mass is 217 g/mol. The first-order valence-electron chi connectivity index (χ1n) is 5.56. The fraction of sp³-hybridized carbons (Fsp3) is 1.00. The summed E-state index contributed by atoms with van der Waals surface area (Å²) >= 11 is 0. The van der Waals surface area contributed by atoms with E-state index in [0.717, 1.165) is 12.8 Å². The lowest BCUT2D eigenvalue weighted by molar-refractivity contribution is -0.101. The maximum absolute atomic E-state index is 9.37. The Kier molecular flexibility index (Phi) is 4.99. The Balaban J connectivity index is 2.37. The average molecular weight is 217 g/mol. The summed E-state index contributed by atoms with van der Waals surface area (Å²) in [5.41, 5.74) is 0.0199. The van der Waals surface area contributed by atoms with Crippen molar-refractivity contribution in [3.05, 3.63) is 0 Å². The molecule has 0 aliphatic heterocycles. The molecule has 0 aromatic carbocycles. The molecule has 0 saturated heterocycles. The summed E-state index contributed by atoms with van der Waals surface area (Å²) in [6.45, 7) is 3.05. The topological polar surface area (TPSA) is 50.7 Å². The van der Waals surface area contributed by atoms with Gasteiger partial charge in [0.05, 0.1) is 0 Å². The smallest absolute Gasteiger partial charge is 0.169 e. The van der Waals surface area contributed by atoms with Crippen LogP contribution in [0.15, 0.2) is 0 Å². The molecule has 0 spiro atoms. The van der Waals surface area contributed by atoms with Gasteiger partial charge in [-0.3, -0.25) is 0 Å². The summed E-state index contributed by atoms with van der Waals surface area (Å²) in [5.74, 6) is 0. The normalized spacial score (nSPS) is 31.4. The first-order valence-corrected chi connectivity index (χ1v) is 5.56. The lowest BCUT2D eigenvalue weighted by Gasteiger charge is -2.31. The number of nitrogens with one attached hydrogen (secondary N) is 1. The van der Waals surface area contributed by atoms with Gasteiger partial charge in [-0.2, -0.15) is 0 Å². The zero-order valence-electron chi connectivity index (χ0n) is 9.95. The van der Waals surface area contributed by atoms with Crippen molar-refractivity contribution in [2.45, 2.75) is 38.5 Å². The number of rotatable bonds is 6. The van der Waals surface area contributed by atoms with Gasteiger partial charge in [0, 0.05) is 38.8 Å². The molecule has 90 valence electrons. The highest BCUT2D eigenvalue weighted by Gasteiger charge is 2.38. The molecule has 1 aliphatic rings. The predicted octanol–water partition coefficient (Wildman–Crippen LogP) is 0.746. The van der Waals surface area contributed by atoms with Crippen molar-refractivity contribution in [2.75, 3.05) is 27.4 Å². The molecule has 0 aromatic rings. The first-order chi connectivity index (χ1) is 7.16. The van der Waals surface area contributed by atoms with E-state index in [2.05, 4.69) is 12.2 Å². The van der Waals surface area contributed by atoms with Gasteiger partial charge in [-0.25, -0.2) is 0 Å². The molecular formula is C11H23NO3. The van der Waals surface area contributed by atoms with Crippen LogP contribution in [0.5, 0.6) is 0 Å². The molecule has 0 unspecified atom stereocenters. The number of aliphatic hydroxyl groups excluding tert-OH is 1.